The molecule has 0 spiro atoms. The van der Waals surface area contributed by atoms with Gasteiger partial charge in [0.05, 0.1) is 5.69 Å². The average Bonchev–Trinajstić information content (AvgIpc) is 3.10. The Balaban J connectivity index is 1.80. The lowest BCUT2D eigenvalue weighted by molar-refractivity contribution is 0.705. The highest BCUT2D eigenvalue weighted by molar-refractivity contribution is 5.49. The van der Waals surface area contributed by atoms with Crippen LogP contribution in [-0.4, -0.2) is 14.6 Å². The third-order valence-corrected chi connectivity index (χ3v) is 4.64. The van der Waals surface area contributed by atoms with Gasteiger partial charge in [-0.1, -0.05) is 38.1 Å². The molecule has 1 N–H and O–H groups in total. The van der Waals surface area contributed by atoms with Crippen molar-refractivity contribution in [1.29, 1.82) is 0 Å². The Bertz CT molecular complexity index is 879. The minimum Gasteiger partial charge on any atom is -0.297 e. The van der Waals surface area contributed by atoms with Gasteiger partial charge in [0, 0.05) is 23.7 Å². The minimum atomic E-state index is -0.0251. The van der Waals surface area contributed by atoms with Crippen molar-refractivity contribution < 1.29 is 0 Å². The monoisotopic (exact) mass is 293 g/mol. The molecule has 0 saturated heterocycles. The van der Waals surface area contributed by atoms with E-state index in [0.717, 1.165) is 29.7 Å². The van der Waals surface area contributed by atoms with Crippen LogP contribution in [0.15, 0.2) is 41.3 Å². The van der Waals surface area contributed by atoms with Crippen LogP contribution >= 0.6 is 0 Å². The van der Waals surface area contributed by atoms with E-state index in [1.165, 1.54) is 11.1 Å². The van der Waals surface area contributed by atoms with Gasteiger partial charge in [0.25, 0.3) is 5.56 Å². The number of nitrogens with zero attached hydrogens (tertiary/aromatic N) is 2. The number of aromatic amines is 1. The summed E-state index contributed by atoms with van der Waals surface area (Å²) in [7, 11) is 0. The van der Waals surface area contributed by atoms with Crippen molar-refractivity contribution >= 4 is 5.65 Å². The van der Waals surface area contributed by atoms with Crippen LogP contribution in [0, 0.1) is 0 Å². The van der Waals surface area contributed by atoms with Gasteiger partial charge in [-0.2, -0.15) is 0 Å². The Morgan fingerprint density at radius 3 is 2.55 bits per heavy atom. The molecule has 4 rings (SSSR count). The second kappa shape index (κ2) is 4.83. The van der Waals surface area contributed by atoms with Crippen LogP contribution in [-0.2, 0) is 12.8 Å². The number of hydrogen-bond acceptors (Lipinski definition) is 2. The number of aromatic nitrogens is 3. The van der Waals surface area contributed by atoms with Crippen LogP contribution < -0.4 is 5.56 Å². The highest BCUT2D eigenvalue weighted by Crippen LogP contribution is 2.33. The van der Waals surface area contributed by atoms with E-state index in [9.17, 15) is 4.79 Å². The predicted molar refractivity (Wildman–Crippen MR) is 86.5 cm³/mol. The lowest BCUT2D eigenvalue weighted by atomic mass is 10.0. The summed E-state index contributed by atoms with van der Waals surface area (Å²) < 4.78 is 1.54. The standard InChI is InChI=1S/C18H19N3O/c1-11(2)15-10-19-21-17(22)9-16(20-18(15)21)14-7-12-5-3-4-6-13(12)8-14/h3-6,9-11,14,19H,7-8H2,1-2H3. The molecule has 1 aromatic carbocycles. The van der Waals surface area contributed by atoms with Crippen molar-refractivity contribution in [3.63, 3.8) is 0 Å². The van der Waals surface area contributed by atoms with Gasteiger partial charge in [-0.3, -0.25) is 9.89 Å². The number of fused-ring (bicyclic) bond motifs is 2. The molecule has 0 unspecified atom stereocenters. The van der Waals surface area contributed by atoms with Crippen molar-refractivity contribution in [2.24, 2.45) is 0 Å². The molecule has 4 nitrogen and oxygen atoms in total. The molecule has 22 heavy (non-hydrogen) atoms. The normalized spacial score (nSPS) is 14.9. The molecule has 0 radical (unpaired) electrons. The second-order valence-electron chi connectivity index (χ2n) is 6.44. The molecule has 0 bridgehead atoms. The van der Waals surface area contributed by atoms with Crippen LogP contribution in [0.3, 0.4) is 0 Å². The first-order valence-electron chi connectivity index (χ1n) is 7.81. The molecular formula is C18H19N3O. The summed E-state index contributed by atoms with van der Waals surface area (Å²) in [5.41, 5.74) is 5.52. The molecule has 0 aliphatic heterocycles. The average molecular weight is 293 g/mol. The van der Waals surface area contributed by atoms with Crippen molar-refractivity contribution in [2.75, 3.05) is 0 Å². The zero-order valence-corrected chi connectivity index (χ0v) is 12.8. The molecule has 2 aromatic heterocycles. The number of rotatable bonds is 2. The Morgan fingerprint density at radius 2 is 1.91 bits per heavy atom. The predicted octanol–water partition coefficient (Wildman–Crippen LogP) is 3.03. The van der Waals surface area contributed by atoms with E-state index in [-0.39, 0.29) is 5.56 Å². The summed E-state index contributed by atoms with van der Waals surface area (Å²) >= 11 is 0. The molecule has 0 fully saturated rings. The molecule has 2 heterocycles. The molecule has 112 valence electrons. The topological polar surface area (TPSA) is 50.2 Å². The molecule has 0 saturated carbocycles. The van der Waals surface area contributed by atoms with Crippen molar-refractivity contribution in [1.82, 2.24) is 14.6 Å². The van der Waals surface area contributed by atoms with Gasteiger partial charge in [-0.15, -0.1) is 0 Å². The first-order chi connectivity index (χ1) is 10.6. The van der Waals surface area contributed by atoms with Crippen molar-refractivity contribution in [3.05, 3.63) is 69.3 Å². The quantitative estimate of drug-likeness (QED) is 0.789. The Hall–Kier alpha value is -2.36. The number of H-pyrrole nitrogens is 1. The number of benzene rings is 1. The van der Waals surface area contributed by atoms with Gasteiger partial charge in [0.1, 0.15) is 0 Å². The third kappa shape index (κ3) is 1.98. The van der Waals surface area contributed by atoms with E-state index in [0.29, 0.717) is 11.8 Å². The number of hydrogen-bond donors (Lipinski definition) is 1. The molecule has 1 aliphatic carbocycles. The Morgan fingerprint density at radius 1 is 1.23 bits per heavy atom. The Kier molecular flexibility index (Phi) is 2.93. The first-order valence-corrected chi connectivity index (χ1v) is 7.81. The van der Waals surface area contributed by atoms with E-state index in [4.69, 9.17) is 4.98 Å². The summed E-state index contributed by atoms with van der Waals surface area (Å²) in [4.78, 5) is 17.2. The molecule has 0 atom stereocenters. The van der Waals surface area contributed by atoms with Gasteiger partial charge < -0.3 is 0 Å². The fourth-order valence-corrected chi connectivity index (χ4v) is 3.42. The summed E-state index contributed by atoms with van der Waals surface area (Å²) in [5.74, 6) is 0.647. The van der Waals surface area contributed by atoms with Crippen molar-refractivity contribution in [3.8, 4) is 0 Å². The van der Waals surface area contributed by atoms with Gasteiger partial charge >= 0.3 is 0 Å². The van der Waals surface area contributed by atoms with Crippen LogP contribution in [0.5, 0.6) is 0 Å². The first kappa shape index (κ1) is 13.3. The molecule has 1 aliphatic rings. The van der Waals surface area contributed by atoms with Gasteiger partial charge in [-0.05, 0) is 29.9 Å². The summed E-state index contributed by atoms with van der Waals surface area (Å²) in [6, 6.07) is 10.2. The number of nitrogens with one attached hydrogen (secondary N) is 1. The third-order valence-electron chi connectivity index (χ3n) is 4.64. The SMILES string of the molecule is CC(C)c1c[nH]n2c(=O)cc(C3Cc4ccccc4C3)nc12. The van der Waals surface area contributed by atoms with Crippen molar-refractivity contribution in [2.45, 2.75) is 38.5 Å². The van der Waals surface area contributed by atoms with Gasteiger partial charge in [-0.25, -0.2) is 9.50 Å². The molecule has 3 aromatic rings. The fourth-order valence-electron chi connectivity index (χ4n) is 3.42. The minimum absolute atomic E-state index is 0.0251. The van der Waals surface area contributed by atoms with E-state index in [1.54, 1.807) is 10.6 Å². The smallest absolute Gasteiger partial charge is 0.272 e. The zero-order valence-electron chi connectivity index (χ0n) is 12.8. The van der Waals surface area contributed by atoms with Gasteiger partial charge in [0.2, 0.25) is 0 Å². The maximum absolute atomic E-state index is 12.4. The van der Waals surface area contributed by atoms with Crippen LogP contribution in [0.25, 0.3) is 5.65 Å². The van der Waals surface area contributed by atoms with E-state index < -0.39 is 0 Å². The molecule has 0 amide bonds. The van der Waals surface area contributed by atoms with Crippen LogP contribution in [0.1, 0.15) is 48.1 Å². The molecular weight excluding hydrogens is 274 g/mol. The highest BCUT2D eigenvalue weighted by atomic mass is 16.1. The summed E-state index contributed by atoms with van der Waals surface area (Å²) in [6.07, 6.45) is 3.84. The van der Waals surface area contributed by atoms with E-state index in [2.05, 4.69) is 43.2 Å². The summed E-state index contributed by atoms with van der Waals surface area (Å²) in [6.45, 7) is 4.24. The molecule has 4 heteroatoms. The van der Waals surface area contributed by atoms with Crippen LogP contribution in [0.4, 0.5) is 0 Å². The Labute approximate surface area is 128 Å². The largest absolute Gasteiger partial charge is 0.297 e. The maximum Gasteiger partial charge on any atom is 0.272 e. The summed E-state index contributed by atoms with van der Waals surface area (Å²) in [5, 5.41) is 3.01. The zero-order chi connectivity index (χ0) is 15.3. The fraction of sp³-hybridized carbons (Fsp3) is 0.333. The van der Waals surface area contributed by atoms with Gasteiger partial charge in [0.15, 0.2) is 5.65 Å². The highest BCUT2D eigenvalue weighted by Gasteiger charge is 2.25. The maximum atomic E-state index is 12.4. The van der Waals surface area contributed by atoms with E-state index in [1.807, 2.05) is 6.20 Å². The second-order valence-corrected chi connectivity index (χ2v) is 6.44. The van der Waals surface area contributed by atoms with E-state index >= 15 is 0 Å². The van der Waals surface area contributed by atoms with Crippen LogP contribution in [0.2, 0.25) is 0 Å². The lowest BCUT2D eigenvalue weighted by Crippen LogP contribution is -2.17. The lowest BCUT2D eigenvalue weighted by Gasteiger charge is -2.09.